The van der Waals surface area contributed by atoms with Crippen LogP contribution >= 0.6 is 15.9 Å². The van der Waals surface area contributed by atoms with Crippen molar-refractivity contribution >= 4 is 15.9 Å². The predicted octanol–water partition coefficient (Wildman–Crippen LogP) is 4.69. The molecule has 0 amide bonds. The minimum Gasteiger partial charge on any atom is -0.483 e. The molecule has 2 aromatic rings. The average Bonchev–Trinajstić information content (AvgIpc) is 2.39. The highest BCUT2D eigenvalue weighted by atomic mass is 79.9. The van der Waals surface area contributed by atoms with Gasteiger partial charge >= 0.3 is 0 Å². The van der Waals surface area contributed by atoms with Crippen molar-refractivity contribution < 1.29 is 4.74 Å². The molecule has 0 fully saturated rings. The third-order valence-electron chi connectivity index (χ3n) is 3.62. The minimum absolute atomic E-state index is 0.242. The van der Waals surface area contributed by atoms with Crippen LogP contribution in [0.5, 0.6) is 5.75 Å². The Morgan fingerprint density at radius 1 is 1.06 bits per heavy atom. The van der Waals surface area contributed by atoms with E-state index in [1.807, 2.05) is 12.1 Å². The Morgan fingerprint density at radius 2 is 1.78 bits per heavy atom. The molecular weight excluding hydrogens is 288 g/mol. The van der Waals surface area contributed by atoms with Crippen LogP contribution in [-0.2, 0) is 12.0 Å². The second-order valence-electron chi connectivity index (χ2n) is 4.92. The third kappa shape index (κ3) is 1.95. The van der Waals surface area contributed by atoms with Crippen LogP contribution in [0.4, 0.5) is 0 Å². The van der Waals surface area contributed by atoms with Crippen molar-refractivity contribution in [3.63, 3.8) is 0 Å². The Balaban J connectivity index is 2.02. The Morgan fingerprint density at radius 3 is 2.61 bits per heavy atom. The summed E-state index contributed by atoms with van der Waals surface area (Å²) in [6.45, 7) is 2.17. The van der Waals surface area contributed by atoms with Gasteiger partial charge in [0.05, 0.1) is 0 Å². The lowest BCUT2D eigenvalue weighted by atomic mass is 9.86. The Bertz CT molecular complexity index is 579. The molecule has 0 bridgehead atoms. The van der Waals surface area contributed by atoms with E-state index in [9.17, 15) is 0 Å². The number of aryl methyl sites for hydroxylation is 1. The summed E-state index contributed by atoms with van der Waals surface area (Å²) in [5.41, 5.74) is 2.29. The maximum atomic E-state index is 6.26. The minimum atomic E-state index is -0.242. The van der Waals surface area contributed by atoms with Gasteiger partial charge in [0, 0.05) is 10.0 Å². The molecule has 18 heavy (non-hydrogen) atoms. The standard InChI is InChI=1S/C16H15BrO/c1-16(13-7-3-4-8-14(13)17)11-10-12-6-2-5-9-15(12)18-16/h2-9H,10-11H2,1H3. The zero-order valence-corrected chi connectivity index (χ0v) is 11.9. The van der Waals surface area contributed by atoms with Crippen LogP contribution in [0.2, 0.25) is 0 Å². The van der Waals surface area contributed by atoms with Crippen molar-refractivity contribution in [2.24, 2.45) is 0 Å². The molecule has 0 saturated carbocycles. The molecule has 1 unspecified atom stereocenters. The van der Waals surface area contributed by atoms with E-state index in [0.29, 0.717) is 0 Å². The number of rotatable bonds is 1. The van der Waals surface area contributed by atoms with Crippen molar-refractivity contribution in [1.29, 1.82) is 0 Å². The first-order valence-electron chi connectivity index (χ1n) is 6.21. The number of hydrogen-bond acceptors (Lipinski definition) is 1. The van der Waals surface area contributed by atoms with Crippen LogP contribution in [0.15, 0.2) is 53.0 Å². The highest BCUT2D eigenvalue weighted by Gasteiger charge is 2.34. The third-order valence-corrected chi connectivity index (χ3v) is 4.31. The summed E-state index contributed by atoms with van der Waals surface area (Å²) in [5.74, 6) is 1.02. The molecule has 1 heterocycles. The van der Waals surface area contributed by atoms with E-state index >= 15 is 0 Å². The summed E-state index contributed by atoms with van der Waals surface area (Å²) in [5, 5.41) is 0. The molecule has 0 saturated heterocycles. The van der Waals surface area contributed by atoms with Crippen LogP contribution < -0.4 is 4.74 Å². The molecule has 1 aliphatic heterocycles. The summed E-state index contributed by atoms with van der Waals surface area (Å²) in [4.78, 5) is 0. The fraction of sp³-hybridized carbons (Fsp3) is 0.250. The van der Waals surface area contributed by atoms with Gasteiger partial charge < -0.3 is 4.74 Å². The number of fused-ring (bicyclic) bond motifs is 1. The number of benzene rings is 2. The molecule has 2 aromatic carbocycles. The largest absolute Gasteiger partial charge is 0.483 e. The summed E-state index contributed by atoms with van der Waals surface area (Å²) >= 11 is 3.63. The quantitative estimate of drug-likeness (QED) is 0.742. The summed E-state index contributed by atoms with van der Waals surface area (Å²) in [6.07, 6.45) is 2.07. The van der Waals surface area contributed by atoms with Gasteiger partial charge in [-0.25, -0.2) is 0 Å². The van der Waals surface area contributed by atoms with Gasteiger partial charge in [-0.05, 0) is 37.5 Å². The van der Waals surface area contributed by atoms with Gasteiger partial charge in [0.1, 0.15) is 11.4 Å². The number of ether oxygens (including phenoxy) is 1. The van der Waals surface area contributed by atoms with Gasteiger partial charge in [0.25, 0.3) is 0 Å². The van der Waals surface area contributed by atoms with Crippen LogP contribution in [-0.4, -0.2) is 0 Å². The fourth-order valence-electron chi connectivity index (χ4n) is 2.56. The second kappa shape index (κ2) is 4.43. The molecule has 3 rings (SSSR count). The van der Waals surface area contributed by atoms with E-state index < -0.39 is 0 Å². The zero-order valence-electron chi connectivity index (χ0n) is 10.3. The molecule has 2 heteroatoms. The molecule has 0 aromatic heterocycles. The summed E-state index contributed by atoms with van der Waals surface area (Å²) in [7, 11) is 0. The number of para-hydroxylation sites is 1. The Labute approximate surface area is 116 Å². The lowest BCUT2D eigenvalue weighted by molar-refractivity contribution is 0.0619. The number of hydrogen-bond donors (Lipinski definition) is 0. The molecule has 0 N–H and O–H groups in total. The molecule has 0 radical (unpaired) electrons. The monoisotopic (exact) mass is 302 g/mol. The van der Waals surface area contributed by atoms with Crippen LogP contribution in [0.1, 0.15) is 24.5 Å². The lowest BCUT2D eigenvalue weighted by Crippen LogP contribution is -2.33. The summed E-state index contributed by atoms with van der Waals surface area (Å²) < 4.78 is 7.37. The lowest BCUT2D eigenvalue weighted by Gasteiger charge is -2.36. The van der Waals surface area contributed by atoms with E-state index in [4.69, 9.17) is 4.74 Å². The van der Waals surface area contributed by atoms with Crippen molar-refractivity contribution in [2.45, 2.75) is 25.4 Å². The average molecular weight is 303 g/mol. The van der Waals surface area contributed by atoms with Crippen molar-refractivity contribution in [3.05, 3.63) is 64.1 Å². The van der Waals surface area contributed by atoms with E-state index in [-0.39, 0.29) is 5.60 Å². The molecule has 0 spiro atoms. The van der Waals surface area contributed by atoms with Gasteiger partial charge in [-0.3, -0.25) is 0 Å². The molecule has 1 atom stereocenters. The topological polar surface area (TPSA) is 9.23 Å². The van der Waals surface area contributed by atoms with Crippen LogP contribution in [0.3, 0.4) is 0 Å². The normalized spacial score (nSPS) is 22.1. The smallest absolute Gasteiger partial charge is 0.133 e. The van der Waals surface area contributed by atoms with E-state index in [1.54, 1.807) is 0 Å². The van der Waals surface area contributed by atoms with Crippen LogP contribution in [0, 0.1) is 0 Å². The fourth-order valence-corrected chi connectivity index (χ4v) is 3.26. The highest BCUT2D eigenvalue weighted by molar-refractivity contribution is 9.10. The first-order valence-corrected chi connectivity index (χ1v) is 7.00. The second-order valence-corrected chi connectivity index (χ2v) is 5.77. The van der Waals surface area contributed by atoms with Crippen LogP contribution in [0.25, 0.3) is 0 Å². The molecule has 1 nitrogen and oxygen atoms in total. The van der Waals surface area contributed by atoms with Gasteiger partial charge in [-0.15, -0.1) is 0 Å². The molecular formula is C16H15BrO. The SMILES string of the molecule is CC1(c2ccccc2Br)CCc2ccccc2O1. The predicted molar refractivity (Wildman–Crippen MR) is 76.9 cm³/mol. The van der Waals surface area contributed by atoms with Crippen molar-refractivity contribution in [1.82, 2.24) is 0 Å². The first-order chi connectivity index (χ1) is 8.69. The molecule has 92 valence electrons. The Kier molecular flexibility index (Phi) is 2.90. The molecule has 1 aliphatic rings. The number of halogens is 1. The Hall–Kier alpha value is -1.28. The highest BCUT2D eigenvalue weighted by Crippen LogP contribution is 2.41. The van der Waals surface area contributed by atoms with Crippen molar-refractivity contribution in [2.75, 3.05) is 0 Å². The van der Waals surface area contributed by atoms with Gasteiger partial charge in [0.15, 0.2) is 0 Å². The molecule has 0 aliphatic carbocycles. The van der Waals surface area contributed by atoms with E-state index in [1.165, 1.54) is 11.1 Å². The first kappa shape index (κ1) is 11.8. The maximum absolute atomic E-state index is 6.26. The van der Waals surface area contributed by atoms with Gasteiger partial charge in [-0.1, -0.05) is 52.3 Å². The van der Waals surface area contributed by atoms with Gasteiger partial charge in [0.2, 0.25) is 0 Å². The maximum Gasteiger partial charge on any atom is 0.133 e. The van der Waals surface area contributed by atoms with Crippen molar-refractivity contribution in [3.8, 4) is 5.75 Å². The van der Waals surface area contributed by atoms with Gasteiger partial charge in [-0.2, -0.15) is 0 Å². The summed E-state index contributed by atoms with van der Waals surface area (Å²) in [6, 6.07) is 16.6. The van der Waals surface area contributed by atoms with E-state index in [2.05, 4.69) is 59.3 Å². The van der Waals surface area contributed by atoms with E-state index in [0.717, 1.165) is 23.1 Å². The zero-order chi connectivity index (χ0) is 12.6.